The molecule has 0 radical (unpaired) electrons. The molecule has 2 aliphatic heterocycles. The number of rotatable bonds is 8. The van der Waals surface area contributed by atoms with Gasteiger partial charge in [0.05, 0.1) is 46.4 Å². The lowest BCUT2D eigenvalue weighted by Crippen LogP contribution is -2.22. The van der Waals surface area contributed by atoms with E-state index in [4.69, 9.17) is 19.1 Å². The first kappa shape index (κ1) is 29.3. The molecule has 2 atom stereocenters. The summed E-state index contributed by atoms with van der Waals surface area (Å²) in [6.45, 7) is 0.661. The van der Waals surface area contributed by atoms with Gasteiger partial charge < -0.3 is 19.4 Å². The summed E-state index contributed by atoms with van der Waals surface area (Å²) in [5.41, 5.74) is 5.50. The maximum absolute atomic E-state index is 14.1. The van der Waals surface area contributed by atoms with Crippen molar-refractivity contribution in [3.8, 4) is 27.6 Å². The van der Waals surface area contributed by atoms with Gasteiger partial charge in [-0.2, -0.15) is 0 Å². The molecular formula is C35H29FN6O4S2. The molecule has 5 aromatic heterocycles. The van der Waals surface area contributed by atoms with Crippen molar-refractivity contribution in [2.45, 2.75) is 50.6 Å². The fraction of sp³-hybridized carbons (Fsp3) is 0.286. The molecule has 13 heteroatoms. The van der Waals surface area contributed by atoms with E-state index in [-0.39, 0.29) is 29.7 Å². The van der Waals surface area contributed by atoms with Crippen LogP contribution in [0.3, 0.4) is 0 Å². The Labute approximate surface area is 281 Å². The SMILES string of the molecule is COc1cccc2c1CC[C@@H]2Nc1nccc2cc(-c3c4c(nc(CCc5cc(F)cs5)c3-c3n[nH]c(=O)o3)[C@@H]3CCCN3C4=O)sc12. The van der Waals surface area contributed by atoms with E-state index >= 15 is 0 Å². The van der Waals surface area contributed by atoms with Crippen LogP contribution in [0.25, 0.3) is 32.0 Å². The highest BCUT2D eigenvalue weighted by Gasteiger charge is 2.45. The van der Waals surface area contributed by atoms with Gasteiger partial charge in [0.15, 0.2) is 0 Å². The number of carbonyl (C=O) groups is 1. The van der Waals surface area contributed by atoms with Gasteiger partial charge in [0.1, 0.15) is 17.4 Å². The molecule has 7 heterocycles. The third-order valence-corrected chi connectivity index (χ3v) is 11.8. The van der Waals surface area contributed by atoms with E-state index in [0.29, 0.717) is 41.8 Å². The number of anilines is 1. The van der Waals surface area contributed by atoms with Crippen molar-refractivity contribution in [3.63, 3.8) is 0 Å². The smallest absolute Gasteiger partial charge is 0.434 e. The Kier molecular flexibility index (Phi) is 6.94. The maximum Gasteiger partial charge on any atom is 0.434 e. The number of aryl methyl sites for hydroxylation is 2. The van der Waals surface area contributed by atoms with Gasteiger partial charge in [-0.1, -0.05) is 12.1 Å². The van der Waals surface area contributed by atoms with Gasteiger partial charge in [-0.3, -0.25) is 9.78 Å². The molecule has 1 aliphatic carbocycles. The van der Waals surface area contributed by atoms with Gasteiger partial charge in [-0.15, -0.1) is 27.8 Å². The molecule has 1 fully saturated rings. The number of hydrogen-bond donors (Lipinski definition) is 2. The lowest BCUT2D eigenvalue weighted by Gasteiger charge is -2.16. The average molecular weight is 681 g/mol. The zero-order valence-corrected chi connectivity index (χ0v) is 27.5. The van der Waals surface area contributed by atoms with Gasteiger partial charge in [-0.25, -0.2) is 19.3 Å². The third kappa shape index (κ3) is 4.66. The van der Waals surface area contributed by atoms with Crippen LogP contribution in [0.1, 0.15) is 69.1 Å². The molecule has 0 spiro atoms. The predicted octanol–water partition coefficient (Wildman–Crippen LogP) is 7.09. The van der Waals surface area contributed by atoms with Crippen molar-refractivity contribution in [3.05, 3.63) is 97.3 Å². The minimum absolute atomic E-state index is 0.0697. The van der Waals surface area contributed by atoms with E-state index in [1.54, 1.807) is 13.3 Å². The van der Waals surface area contributed by atoms with Crippen molar-refractivity contribution in [1.29, 1.82) is 0 Å². The largest absolute Gasteiger partial charge is 0.496 e. The highest BCUT2D eigenvalue weighted by molar-refractivity contribution is 7.23. The van der Waals surface area contributed by atoms with Gasteiger partial charge in [0, 0.05) is 33.4 Å². The topological polar surface area (TPSA) is 126 Å². The molecule has 48 heavy (non-hydrogen) atoms. The van der Waals surface area contributed by atoms with Crippen LogP contribution in [-0.4, -0.2) is 44.6 Å². The van der Waals surface area contributed by atoms with Crippen molar-refractivity contribution in [2.75, 3.05) is 19.0 Å². The van der Waals surface area contributed by atoms with Crippen LogP contribution >= 0.6 is 22.7 Å². The molecule has 10 nitrogen and oxygen atoms in total. The summed E-state index contributed by atoms with van der Waals surface area (Å²) >= 11 is 2.89. The maximum atomic E-state index is 14.1. The Morgan fingerprint density at radius 1 is 1.15 bits per heavy atom. The Balaban J connectivity index is 1.21. The van der Waals surface area contributed by atoms with E-state index < -0.39 is 5.76 Å². The van der Waals surface area contributed by atoms with Crippen molar-refractivity contribution in [1.82, 2.24) is 25.1 Å². The van der Waals surface area contributed by atoms with Crippen LogP contribution in [-0.2, 0) is 19.3 Å². The molecule has 1 amide bonds. The lowest BCUT2D eigenvalue weighted by atomic mass is 9.93. The second-order valence-corrected chi connectivity index (χ2v) is 14.4. The zero-order valence-electron chi connectivity index (χ0n) is 25.8. The van der Waals surface area contributed by atoms with Crippen LogP contribution in [0.15, 0.2) is 57.2 Å². The van der Waals surface area contributed by atoms with Crippen LogP contribution in [0.4, 0.5) is 10.2 Å². The number of nitrogens with one attached hydrogen (secondary N) is 2. The summed E-state index contributed by atoms with van der Waals surface area (Å²) in [5.74, 6) is 0.682. The lowest BCUT2D eigenvalue weighted by molar-refractivity contribution is 0.0776. The van der Waals surface area contributed by atoms with Gasteiger partial charge in [0.25, 0.3) is 11.8 Å². The number of amides is 1. The molecule has 1 saturated heterocycles. The predicted molar refractivity (Wildman–Crippen MR) is 181 cm³/mol. The highest BCUT2D eigenvalue weighted by Crippen LogP contribution is 2.50. The number of hydrogen-bond acceptors (Lipinski definition) is 10. The minimum atomic E-state index is -0.699. The number of ether oxygens (including phenoxy) is 1. The van der Waals surface area contributed by atoms with Crippen LogP contribution < -0.4 is 15.8 Å². The number of carbonyl (C=O) groups excluding carboxylic acids is 1. The minimum Gasteiger partial charge on any atom is -0.496 e. The number of halogens is 1. The summed E-state index contributed by atoms with van der Waals surface area (Å²) in [7, 11) is 1.70. The molecule has 6 aromatic rings. The molecule has 242 valence electrons. The normalized spacial score (nSPS) is 18.0. The monoisotopic (exact) mass is 680 g/mol. The first-order chi connectivity index (χ1) is 23.5. The van der Waals surface area contributed by atoms with E-state index in [9.17, 15) is 14.0 Å². The fourth-order valence-corrected chi connectivity index (χ4v) is 9.49. The Hall–Kier alpha value is -4.88. The van der Waals surface area contributed by atoms with E-state index in [1.165, 1.54) is 45.2 Å². The first-order valence-electron chi connectivity index (χ1n) is 15.9. The summed E-state index contributed by atoms with van der Waals surface area (Å²) in [6.07, 6.45) is 6.32. The Morgan fingerprint density at radius 2 is 2.06 bits per heavy atom. The molecule has 1 aromatic carbocycles. The number of aromatic amines is 1. The van der Waals surface area contributed by atoms with Crippen LogP contribution in [0.5, 0.6) is 5.75 Å². The number of H-pyrrole nitrogens is 1. The van der Waals surface area contributed by atoms with Crippen molar-refractivity contribution >= 4 is 44.5 Å². The number of thiophene rings is 2. The Bertz CT molecular complexity index is 2310. The Morgan fingerprint density at radius 3 is 2.88 bits per heavy atom. The fourth-order valence-electron chi connectivity index (χ4n) is 7.59. The second kappa shape index (κ2) is 11.4. The number of nitrogens with zero attached hydrogens (tertiary/aromatic N) is 4. The van der Waals surface area contributed by atoms with E-state index in [1.807, 2.05) is 23.1 Å². The summed E-state index contributed by atoms with van der Waals surface area (Å²) in [5, 5.41) is 12.8. The zero-order chi connectivity index (χ0) is 32.5. The molecule has 9 rings (SSSR count). The molecule has 3 aliphatic rings. The summed E-state index contributed by atoms with van der Waals surface area (Å²) < 4.78 is 26.1. The van der Waals surface area contributed by atoms with Crippen molar-refractivity contribution < 1.29 is 18.3 Å². The number of aromatic nitrogens is 4. The molecular weight excluding hydrogens is 652 g/mol. The van der Waals surface area contributed by atoms with Crippen LogP contribution in [0.2, 0.25) is 0 Å². The molecule has 0 unspecified atom stereocenters. The summed E-state index contributed by atoms with van der Waals surface area (Å²) in [4.78, 5) is 39.9. The third-order valence-electron chi connectivity index (χ3n) is 9.66. The molecule has 0 bridgehead atoms. The first-order valence-corrected chi connectivity index (χ1v) is 17.6. The van der Waals surface area contributed by atoms with Crippen LogP contribution in [0, 0.1) is 5.82 Å². The molecule has 0 saturated carbocycles. The van der Waals surface area contributed by atoms with E-state index in [0.717, 1.165) is 62.8 Å². The van der Waals surface area contributed by atoms with Crippen molar-refractivity contribution in [2.24, 2.45) is 0 Å². The quantitative estimate of drug-likeness (QED) is 0.175. The highest BCUT2D eigenvalue weighted by atomic mass is 32.1. The van der Waals surface area contributed by atoms with E-state index in [2.05, 4.69) is 27.6 Å². The molecule has 2 N–H and O–H groups in total. The number of pyridine rings is 2. The average Bonchev–Trinajstić information content (AvgIpc) is 3.94. The number of methoxy groups -OCH3 is 1. The number of fused-ring (bicyclic) bond motifs is 5. The van der Waals surface area contributed by atoms with Gasteiger partial charge >= 0.3 is 5.76 Å². The second-order valence-electron chi connectivity index (χ2n) is 12.3. The van der Waals surface area contributed by atoms with Gasteiger partial charge in [-0.05, 0) is 79.3 Å². The summed E-state index contributed by atoms with van der Waals surface area (Å²) in [6, 6.07) is 11.7. The van der Waals surface area contributed by atoms with Gasteiger partial charge in [0.2, 0.25) is 0 Å². The number of benzene rings is 1. The standard InChI is InChI=1S/C35H29FN6O4S2/c1-45-25-6-2-4-20-21(25)8-10-22(20)39-32-31-17(11-12-37-32)14-26(48-31)28-27(33-40-41-35(44)46-33)23(9-7-19-15-18(36)16-47-19)38-30-24-5-3-13-42(24)34(43)29(28)30/h2,4,6,11-12,14-16,22,24H,3,5,7-10,13H2,1H3,(H,37,39)(H,41,44)/t22-,24-/m0/s1.